The van der Waals surface area contributed by atoms with Crippen LogP contribution < -0.4 is 10.0 Å². The number of carbonyl (C=O) groups is 1. The van der Waals surface area contributed by atoms with Gasteiger partial charge in [0.15, 0.2) is 0 Å². The molecule has 9 heteroatoms. The van der Waals surface area contributed by atoms with E-state index < -0.39 is 37.9 Å². The fraction of sp³-hybridized carbons (Fsp3) is 0.682. The van der Waals surface area contributed by atoms with Crippen LogP contribution in [-0.4, -0.2) is 49.6 Å². The number of hydrogen-bond acceptors (Lipinski definition) is 4. The largest absolute Gasteiger partial charge is 0.385 e. The van der Waals surface area contributed by atoms with Gasteiger partial charge in [-0.1, -0.05) is 0 Å². The predicted octanol–water partition coefficient (Wildman–Crippen LogP) is 3.89. The Bertz CT molecular complexity index is 878. The zero-order valence-corrected chi connectivity index (χ0v) is 19.3. The molecule has 1 aromatic carbocycles. The Morgan fingerprint density at radius 3 is 2.13 bits per heavy atom. The van der Waals surface area contributed by atoms with E-state index in [2.05, 4.69) is 10.0 Å². The number of anilines is 1. The normalized spacial score (nSPS) is 22.5. The van der Waals surface area contributed by atoms with Crippen LogP contribution in [0.15, 0.2) is 12.1 Å². The summed E-state index contributed by atoms with van der Waals surface area (Å²) in [5.41, 5.74) is -0.178. The highest BCUT2D eigenvalue weighted by Gasteiger charge is 2.33. The molecule has 0 atom stereocenters. The van der Waals surface area contributed by atoms with Gasteiger partial charge >= 0.3 is 0 Å². The van der Waals surface area contributed by atoms with Crippen LogP contribution >= 0.6 is 0 Å². The van der Waals surface area contributed by atoms with Gasteiger partial charge in [0, 0.05) is 31.4 Å². The van der Waals surface area contributed by atoms with Gasteiger partial charge in [0.25, 0.3) is 5.91 Å². The van der Waals surface area contributed by atoms with E-state index in [1.54, 1.807) is 20.8 Å². The Kier molecular flexibility index (Phi) is 7.25. The highest BCUT2D eigenvalue weighted by molar-refractivity contribution is 7.90. The lowest BCUT2D eigenvalue weighted by Gasteiger charge is -2.31. The first kappa shape index (κ1) is 23.9. The van der Waals surface area contributed by atoms with E-state index >= 15 is 0 Å². The van der Waals surface area contributed by atoms with Crippen molar-refractivity contribution >= 4 is 21.6 Å². The molecule has 0 bridgehead atoms. The molecule has 2 N–H and O–H groups in total. The topological polar surface area (TPSA) is 78.5 Å². The smallest absolute Gasteiger partial charge is 0.259 e. The zero-order chi connectivity index (χ0) is 22.8. The second-order valence-corrected chi connectivity index (χ2v) is 12.1. The van der Waals surface area contributed by atoms with Gasteiger partial charge in [-0.2, -0.15) is 0 Å². The van der Waals surface area contributed by atoms with Crippen LogP contribution in [0.2, 0.25) is 0 Å². The summed E-state index contributed by atoms with van der Waals surface area (Å²) in [7, 11) is -3.38. The molecule has 6 nitrogen and oxygen atoms in total. The van der Waals surface area contributed by atoms with Crippen LogP contribution in [0.25, 0.3) is 0 Å². The van der Waals surface area contributed by atoms with Gasteiger partial charge < -0.3 is 10.2 Å². The quantitative estimate of drug-likeness (QED) is 0.679. The van der Waals surface area contributed by atoms with Crippen molar-refractivity contribution in [2.75, 3.05) is 25.0 Å². The molecule has 2 aliphatic rings. The number of hydrogen-bond donors (Lipinski definition) is 2. The maximum atomic E-state index is 14.5. The summed E-state index contributed by atoms with van der Waals surface area (Å²) in [6.07, 6.45) is 4.81. The summed E-state index contributed by atoms with van der Waals surface area (Å²) < 4.78 is 55.6. The van der Waals surface area contributed by atoms with Crippen LogP contribution in [0.3, 0.4) is 0 Å². The summed E-state index contributed by atoms with van der Waals surface area (Å²) in [4.78, 5) is 13.9. The Hall–Kier alpha value is -1.74. The van der Waals surface area contributed by atoms with Gasteiger partial charge in [0.1, 0.15) is 17.2 Å². The van der Waals surface area contributed by atoms with Crippen molar-refractivity contribution in [2.24, 2.45) is 5.92 Å². The first-order chi connectivity index (χ1) is 14.5. The standard InChI is InChI=1S/C22H33F2N3O3S/c1-22(2,3)31(29,30)26-16-8-6-15(7-9-16)14-25-17-12-18(23)20(19(24)13-17)21(28)27-10-4-5-11-27/h12-13,15-16,25-26H,4-11,14H2,1-3H3. The number of rotatable bonds is 6. The molecule has 0 spiro atoms. The molecule has 1 aliphatic carbocycles. The molecule has 0 aromatic heterocycles. The monoisotopic (exact) mass is 457 g/mol. The van der Waals surface area contributed by atoms with Gasteiger partial charge in [0.2, 0.25) is 10.0 Å². The van der Waals surface area contributed by atoms with Crippen molar-refractivity contribution < 1.29 is 22.0 Å². The SMILES string of the molecule is CC(C)(C)S(=O)(=O)NC1CCC(CNc2cc(F)c(C(=O)N3CCCC3)c(F)c2)CC1. The molecular weight excluding hydrogens is 424 g/mol. The zero-order valence-electron chi connectivity index (χ0n) is 18.5. The molecule has 0 unspecified atom stereocenters. The first-order valence-electron chi connectivity index (χ1n) is 11.0. The number of halogens is 2. The predicted molar refractivity (Wildman–Crippen MR) is 118 cm³/mol. The summed E-state index contributed by atoms with van der Waals surface area (Å²) in [6.45, 7) is 6.63. The fourth-order valence-corrected chi connectivity index (χ4v) is 5.13. The lowest BCUT2D eigenvalue weighted by Crippen LogP contribution is -2.46. The number of amides is 1. The van der Waals surface area contributed by atoms with Crippen molar-refractivity contribution in [1.29, 1.82) is 0 Å². The van der Waals surface area contributed by atoms with Gasteiger partial charge in [-0.15, -0.1) is 0 Å². The number of benzene rings is 1. The van der Waals surface area contributed by atoms with E-state index in [0.717, 1.165) is 38.5 Å². The van der Waals surface area contributed by atoms with Crippen LogP contribution in [0.4, 0.5) is 14.5 Å². The maximum Gasteiger partial charge on any atom is 0.259 e. The Balaban J connectivity index is 1.53. The molecule has 3 rings (SSSR count). The average molecular weight is 458 g/mol. The third-order valence-corrected chi connectivity index (χ3v) is 8.47. The number of likely N-dealkylation sites (tertiary alicyclic amines) is 1. The third-order valence-electron chi connectivity index (χ3n) is 6.22. The Morgan fingerprint density at radius 2 is 1.61 bits per heavy atom. The van der Waals surface area contributed by atoms with Crippen molar-refractivity contribution in [3.05, 3.63) is 29.3 Å². The van der Waals surface area contributed by atoms with E-state index in [0.29, 0.717) is 25.3 Å². The minimum Gasteiger partial charge on any atom is -0.385 e. The molecule has 1 aliphatic heterocycles. The molecular formula is C22H33F2N3O3S. The number of nitrogens with zero attached hydrogens (tertiary/aromatic N) is 1. The summed E-state index contributed by atoms with van der Waals surface area (Å²) >= 11 is 0. The van der Waals surface area contributed by atoms with Crippen molar-refractivity contribution in [3.8, 4) is 0 Å². The second kappa shape index (κ2) is 9.40. The third kappa shape index (κ3) is 5.74. The lowest BCUT2D eigenvalue weighted by molar-refractivity contribution is 0.0783. The van der Waals surface area contributed by atoms with Crippen LogP contribution in [0, 0.1) is 17.6 Å². The van der Waals surface area contributed by atoms with Crippen LogP contribution in [0.1, 0.15) is 69.7 Å². The van der Waals surface area contributed by atoms with Crippen molar-refractivity contribution in [3.63, 3.8) is 0 Å². The highest BCUT2D eigenvalue weighted by Crippen LogP contribution is 2.28. The Labute approximate surface area is 183 Å². The molecule has 1 heterocycles. The second-order valence-electron chi connectivity index (χ2n) is 9.65. The maximum absolute atomic E-state index is 14.5. The van der Waals surface area contributed by atoms with E-state index in [1.807, 2.05) is 0 Å². The molecule has 2 fully saturated rings. The van der Waals surface area contributed by atoms with Crippen molar-refractivity contribution in [1.82, 2.24) is 9.62 Å². The van der Waals surface area contributed by atoms with Crippen LogP contribution in [-0.2, 0) is 10.0 Å². The van der Waals surface area contributed by atoms with Gasteiger partial charge in [-0.3, -0.25) is 4.79 Å². The minimum atomic E-state index is -3.38. The number of sulfonamides is 1. The average Bonchev–Trinajstić information content (AvgIpc) is 3.20. The molecule has 174 valence electrons. The minimum absolute atomic E-state index is 0.0775. The first-order valence-corrected chi connectivity index (χ1v) is 12.5. The fourth-order valence-electron chi connectivity index (χ4n) is 4.10. The Morgan fingerprint density at radius 1 is 1.06 bits per heavy atom. The molecule has 1 saturated carbocycles. The highest BCUT2D eigenvalue weighted by atomic mass is 32.2. The molecule has 1 amide bonds. The summed E-state index contributed by atoms with van der Waals surface area (Å²) in [5, 5.41) is 3.08. The van der Waals surface area contributed by atoms with E-state index in [1.165, 1.54) is 17.0 Å². The lowest BCUT2D eigenvalue weighted by atomic mass is 9.86. The van der Waals surface area contributed by atoms with E-state index in [4.69, 9.17) is 0 Å². The molecule has 31 heavy (non-hydrogen) atoms. The molecule has 0 radical (unpaired) electrons. The van der Waals surface area contributed by atoms with Crippen molar-refractivity contribution in [2.45, 2.75) is 70.1 Å². The van der Waals surface area contributed by atoms with Crippen LogP contribution in [0.5, 0.6) is 0 Å². The molecule has 1 saturated heterocycles. The van der Waals surface area contributed by atoms with Gasteiger partial charge in [0.05, 0.1) is 4.75 Å². The summed E-state index contributed by atoms with van der Waals surface area (Å²) in [5.74, 6) is -2.00. The molecule has 1 aromatic rings. The van der Waals surface area contributed by atoms with Gasteiger partial charge in [-0.25, -0.2) is 21.9 Å². The van der Waals surface area contributed by atoms with E-state index in [9.17, 15) is 22.0 Å². The number of nitrogens with one attached hydrogen (secondary N) is 2. The van der Waals surface area contributed by atoms with E-state index in [-0.39, 0.29) is 12.0 Å². The van der Waals surface area contributed by atoms with Gasteiger partial charge in [-0.05, 0) is 77.3 Å². The summed E-state index contributed by atoms with van der Waals surface area (Å²) in [6, 6.07) is 2.27. The number of carbonyl (C=O) groups excluding carboxylic acids is 1.